The van der Waals surface area contributed by atoms with Crippen LogP contribution in [0.5, 0.6) is 5.75 Å². The lowest BCUT2D eigenvalue weighted by atomic mass is 10.2. The summed E-state index contributed by atoms with van der Waals surface area (Å²) in [6, 6.07) is 2.90. The van der Waals surface area contributed by atoms with Gasteiger partial charge in [0.05, 0.1) is 16.2 Å². The summed E-state index contributed by atoms with van der Waals surface area (Å²) >= 11 is 1.81. The van der Waals surface area contributed by atoms with Gasteiger partial charge >= 0.3 is 0 Å². The van der Waals surface area contributed by atoms with Gasteiger partial charge in [-0.15, -0.1) is 0 Å². The van der Waals surface area contributed by atoms with E-state index >= 15 is 0 Å². The van der Waals surface area contributed by atoms with Gasteiger partial charge < -0.3 is 4.74 Å². The number of methoxy groups -OCH3 is 1. The third-order valence-corrected chi connectivity index (χ3v) is 2.18. The van der Waals surface area contributed by atoms with Crippen LogP contribution in [0.2, 0.25) is 0 Å². The maximum Gasteiger partial charge on any atom is 0.153 e. The molecule has 0 bridgehead atoms. The summed E-state index contributed by atoms with van der Waals surface area (Å²) in [5.74, 6) is -0.00528. The maximum absolute atomic E-state index is 13.0. The van der Waals surface area contributed by atoms with E-state index < -0.39 is 5.82 Å². The quantitative estimate of drug-likeness (QED) is 0.613. The second kappa shape index (κ2) is 3.84. The Bertz CT molecular complexity index is 312. The molecule has 1 rings (SSSR count). The van der Waals surface area contributed by atoms with Crippen LogP contribution in [0.3, 0.4) is 0 Å². The lowest BCUT2D eigenvalue weighted by molar-refractivity contribution is 0.111. The Kier molecular flexibility index (Phi) is 3.02. The Morgan fingerprint density at radius 1 is 1.58 bits per heavy atom. The first-order chi connectivity index (χ1) is 5.69. The van der Waals surface area contributed by atoms with Crippen molar-refractivity contribution in [3.05, 3.63) is 27.1 Å². The number of ether oxygens (including phenoxy) is 1. The molecule has 4 heteroatoms. The van der Waals surface area contributed by atoms with Gasteiger partial charge in [-0.05, 0) is 34.7 Å². The molecule has 12 heavy (non-hydrogen) atoms. The zero-order valence-electron chi connectivity index (χ0n) is 6.30. The highest BCUT2D eigenvalue weighted by Gasteiger charge is 2.07. The van der Waals surface area contributed by atoms with Crippen LogP contribution in [0.1, 0.15) is 10.4 Å². The van der Waals surface area contributed by atoms with Crippen LogP contribution in [0.15, 0.2) is 12.1 Å². The van der Waals surface area contributed by atoms with Crippen LogP contribution in [0.25, 0.3) is 0 Å². The molecule has 64 valence electrons. The lowest BCUT2D eigenvalue weighted by Crippen LogP contribution is -1.93. The van der Waals surface area contributed by atoms with Crippen molar-refractivity contribution in [2.75, 3.05) is 7.11 Å². The molecule has 0 aliphatic carbocycles. The van der Waals surface area contributed by atoms with Gasteiger partial charge in [0.15, 0.2) is 6.29 Å². The molecule has 0 heterocycles. The molecule has 0 atom stereocenters. The number of benzene rings is 1. The minimum Gasteiger partial charge on any atom is -0.497 e. The van der Waals surface area contributed by atoms with Crippen LogP contribution < -0.4 is 4.74 Å². The van der Waals surface area contributed by atoms with Crippen molar-refractivity contribution in [1.82, 2.24) is 0 Å². The Hall–Kier alpha value is -0.650. The normalized spacial score (nSPS) is 9.58. The third-order valence-electron chi connectivity index (χ3n) is 1.39. The number of aldehydes is 1. The number of rotatable bonds is 2. The van der Waals surface area contributed by atoms with E-state index in [-0.39, 0.29) is 5.56 Å². The van der Waals surface area contributed by atoms with Crippen LogP contribution in [0.4, 0.5) is 4.39 Å². The highest BCUT2D eigenvalue weighted by Crippen LogP contribution is 2.21. The Morgan fingerprint density at radius 2 is 2.25 bits per heavy atom. The fraction of sp³-hybridized carbons (Fsp3) is 0.125. The topological polar surface area (TPSA) is 26.3 Å². The van der Waals surface area contributed by atoms with E-state index in [9.17, 15) is 9.18 Å². The average Bonchev–Trinajstić information content (AvgIpc) is 2.09. The molecule has 1 aromatic carbocycles. The molecular formula is C8H6FIO2. The number of hydrogen-bond acceptors (Lipinski definition) is 2. The monoisotopic (exact) mass is 280 g/mol. The predicted molar refractivity (Wildman–Crippen MR) is 51.1 cm³/mol. The molecule has 0 saturated heterocycles. The third kappa shape index (κ3) is 1.74. The van der Waals surface area contributed by atoms with Gasteiger partial charge in [-0.1, -0.05) is 0 Å². The summed E-state index contributed by atoms with van der Waals surface area (Å²) in [5.41, 5.74) is 0.0266. The Labute approximate surface area is 82.9 Å². The van der Waals surface area contributed by atoms with E-state index in [0.717, 1.165) is 0 Å². The zero-order valence-corrected chi connectivity index (χ0v) is 8.46. The van der Waals surface area contributed by atoms with Gasteiger partial charge in [-0.2, -0.15) is 0 Å². The van der Waals surface area contributed by atoms with E-state index in [1.807, 2.05) is 22.6 Å². The van der Waals surface area contributed by atoms with Crippen molar-refractivity contribution < 1.29 is 13.9 Å². The standard InChI is InChI=1S/C8H6FIO2/c1-12-6-2-5(4-11)8(9)7(10)3-6/h2-4H,1H3. The Balaban J connectivity index is 3.28. The minimum absolute atomic E-state index is 0.0266. The minimum atomic E-state index is -0.494. The number of halogens is 2. The van der Waals surface area contributed by atoms with Crippen LogP contribution in [-0.2, 0) is 0 Å². The molecule has 0 amide bonds. The van der Waals surface area contributed by atoms with Gasteiger partial charge in [0.2, 0.25) is 0 Å². The molecule has 1 aromatic rings. The smallest absolute Gasteiger partial charge is 0.153 e. The Morgan fingerprint density at radius 3 is 2.75 bits per heavy atom. The molecule has 0 N–H and O–H groups in total. The first-order valence-electron chi connectivity index (χ1n) is 3.17. The first kappa shape index (κ1) is 9.44. The second-order valence-corrected chi connectivity index (χ2v) is 3.29. The highest BCUT2D eigenvalue weighted by molar-refractivity contribution is 14.1. The molecule has 0 spiro atoms. The average molecular weight is 280 g/mol. The van der Waals surface area contributed by atoms with Crippen LogP contribution >= 0.6 is 22.6 Å². The molecule has 0 aliphatic rings. The number of carbonyl (C=O) groups is 1. The summed E-state index contributed by atoms with van der Waals surface area (Å²) in [7, 11) is 1.47. The van der Waals surface area contributed by atoms with Crippen molar-refractivity contribution in [1.29, 1.82) is 0 Å². The van der Waals surface area contributed by atoms with Crippen molar-refractivity contribution >= 4 is 28.9 Å². The zero-order chi connectivity index (χ0) is 9.14. The predicted octanol–water partition coefficient (Wildman–Crippen LogP) is 2.25. The van der Waals surface area contributed by atoms with Crippen LogP contribution in [-0.4, -0.2) is 13.4 Å². The van der Waals surface area contributed by atoms with Crippen LogP contribution in [0, 0.1) is 9.39 Å². The number of hydrogen-bond donors (Lipinski definition) is 0. The van der Waals surface area contributed by atoms with Gasteiger partial charge in [0, 0.05) is 0 Å². The maximum atomic E-state index is 13.0. The van der Waals surface area contributed by atoms with Gasteiger partial charge in [-0.25, -0.2) is 4.39 Å². The molecule has 2 nitrogen and oxygen atoms in total. The van der Waals surface area contributed by atoms with E-state index in [4.69, 9.17) is 4.74 Å². The second-order valence-electron chi connectivity index (χ2n) is 2.13. The summed E-state index contributed by atoms with van der Waals surface area (Å²) in [6.45, 7) is 0. The van der Waals surface area contributed by atoms with Gasteiger partial charge in [-0.3, -0.25) is 4.79 Å². The molecule has 0 aliphatic heterocycles. The summed E-state index contributed by atoms with van der Waals surface area (Å²) in [4.78, 5) is 10.3. The van der Waals surface area contributed by atoms with Gasteiger partial charge in [0.25, 0.3) is 0 Å². The summed E-state index contributed by atoms with van der Waals surface area (Å²) < 4.78 is 18.3. The van der Waals surface area contributed by atoms with E-state index in [0.29, 0.717) is 15.6 Å². The summed E-state index contributed by atoms with van der Waals surface area (Å²) in [5, 5.41) is 0. The van der Waals surface area contributed by atoms with Gasteiger partial charge in [0.1, 0.15) is 11.6 Å². The fourth-order valence-electron chi connectivity index (χ4n) is 0.788. The molecule has 0 aromatic heterocycles. The molecule has 0 radical (unpaired) electrons. The van der Waals surface area contributed by atoms with E-state index in [2.05, 4.69) is 0 Å². The van der Waals surface area contributed by atoms with Crippen molar-refractivity contribution in [3.63, 3.8) is 0 Å². The van der Waals surface area contributed by atoms with E-state index in [1.165, 1.54) is 19.2 Å². The van der Waals surface area contributed by atoms with E-state index in [1.54, 1.807) is 0 Å². The van der Waals surface area contributed by atoms with Crippen molar-refractivity contribution in [2.45, 2.75) is 0 Å². The number of carbonyl (C=O) groups excluding carboxylic acids is 1. The molecule has 0 saturated carbocycles. The highest BCUT2D eigenvalue weighted by atomic mass is 127. The molecule has 0 unspecified atom stereocenters. The van der Waals surface area contributed by atoms with Crippen molar-refractivity contribution in [2.24, 2.45) is 0 Å². The van der Waals surface area contributed by atoms with Crippen molar-refractivity contribution in [3.8, 4) is 5.75 Å². The largest absolute Gasteiger partial charge is 0.497 e. The summed E-state index contributed by atoms with van der Waals surface area (Å²) in [6.07, 6.45) is 0.472. The SMILES string of the molecule is COc1cc(I)c(F)c(C=O)c1. The molecule has 0 fully saturated rings. The molecular weight excluding hydrogens is 274 g/mol. The first-order valence-corrected chi connectivity index (χ1v) is 4.25. The fourth-order valence-corrected chi connectivity index (χ4v) is 1.41. The lowest BCUT2D eigenvalue weighted by Gasteiger charge is -2.02.